The first-order chi connectivity index (χ1) is 9.87. The molecule has 0 bridgehead atoms. The van der Waals surface area contributed by atoms with Gasteiger partial charge in [-0.1, -0.05) is 33.8 Å². The van der Waals surface area contributed by atoms with E-state index in [-0.39, 0.29) is 0 Å². The average Bonchev–Trinajstić information content (AvgIpc) is 2.39. The van der Waals surface area contributed by atoms with Gasteiger partial charge in [0.1, 0.15) is 5.82 Å². The van der Waals surface area contributed by atoms with E-state index >= 15 is 0 Å². The number of nitrogens with one attached hydrogen (secondary N) is 1. The summed E-state index contributed by atoms with van der Waals surface area (Å²) in [6.07, 6.45) is 2.59. The number of hydrogen-bond donors (Lipinski definition) is 1. The summed E-state index contributed by atoms with van der Waals surface area (Å²) in [5.74, 6) is 1.83. The van der Waals surface area contributed by atoms with Crippen molar-refractivity contribution in [3.05, 3.63) is 23.4 Å². The molecule has 1 aliphatic rings. The Morgan fingerprint density at radius 2 is 2.10 bits per heavy atom. The molecule has 0 amide bonds. The minimum Gasteiger partial charge on any atom is -0.356 e. The van der Waals surface area contributed by atoms with Gasteiger partial charge in [0.25, 0.3) is 0 Å². The highest BCUT2D eigenvalue weighted by molar-refractivity contribution is 5.42. The predicted octanol–water partition coefficient (Wildman–Crippen LogP) is 3.76. The lowest BCUT2D eigenvalue weighted by atomic mass is 9.84. The number of piperidine rings is 1. The molecule has 1 N–H and O–H groups in total. The molecule has 3 nitrogen and oxygen atoms in total. The lowest BCUT2D eigenvalue weighted by molar-refractivity contribution is 0.292. The van der Waals surface area contributed by atoms with Crippen LogP contribution < -0.4 is 10.2 Å². The Labute approximate surface area is 130 Å². The third-order valence-corrected chi connectivity index (χ3v) is 4.27. The van der Waals surface area contributed by atoms with E-state index in [9.17, 15) is 0 Å². The van der Waals surface area contributed by atoms with Gasteiger partial charge < -0.3 is 10.2 Å². The fraction of sp³-hybridized carbons (Fsp3) is 0.722. The summed E-state index contributed by atoms with van der Waals surface area (Å²) in [5.41, 5.74) is 2.88. The van der Waals surface area contributed by atoms with Crippen molar-refractivity contribution in [2.45, 2.75) is 54.0 Å². The largest absolute Gasteiger partial charge is 0.356 e. The lowest BCUT2D eigenvalue weighted by Crippen LogP contribution is -2.40. The number of hydrogen-bond acceptors (Lipinski definition) is 3. The zero-order valence-electron chi connectivity index (χ0n) is 14.4. The maximum atomic E-state index is 4.85. The summed E-state index contributed by atoms with van der Waals surface area (Å²) in [5, 5.41) is 3.50. The lowest BCUT2D eigenvalue weighted by Gasteiger charge is -2.38. The second-order valence-electron chi connectivity index (χ2n) is 7.63. The van der Waals surface area contributed by atoms with Gasteiger partial charge in [0.2, 0.25) is 0 Å². The summed E-state index contributed by atoms with van der Waals surface area (Å²) >= 11 is 0. The van der Waals surface area contributed by atoms with Crippen LogP contribution in [-0.2, 0) is 6.54 Å². The van der Waals surface area contributed by atoms with Crippen molar-refractivity contribution in [2.75, 3.05) is 24.5 Å². The molecule has 2 heterocycles. The van der Waals surface area contributed by atoms with Gasteiger partial charge in [0.15, 0.2) is 0 Å². The molecule has 3 heteroatoms. The molecular formula is C18H31N3. The van der Waals surface area contributed by atoms with Crippen molar-refractivity contribution in [1.29, 1.82) is 0 Å². The molecule has 0 saturated carbocycles. The molecule has 0 aliphatic carbocycles. The van der Waals surface area contributed by atoms with Crippen molar-refractivity contribution >= 4 is 5.82 Å². The summed E-state index contributed by atoms with van der Waals surface area (Å²) < 4.78 is 0. The maximum Gasteiger partial charge on any atom is 0.128 e. The molecule has 2 rings (SSSR count). The van der Waals surface area contributed by atoms with E-state index < -0.39 is 0 Å². The molecule has 118 valence electrons. The van der Waals surface area contributed by atoms with Gasteiger partial charge in [0.05, 0.1) is 0 Å². The highest BCUT2D eigenvalue weighted by Crippen LogP contribution is 2.31. The fourth-order valence-electron chi connectivity index (χ4n) is 3.05. The average molecular weight is 289 g/mol. The summed E-state index contributed by atoms with van der Waals surface area (Å²) in [6.45, 7) is 15.5. The standard InChI is InChI=1S/C18H31N3/c1-14(2)11-19-12-16-7-8-17(20-15(16)3)21-10-6-9-18(4,5)13-21/h7-8,14,19H,6,9-13H2,1-5H3. The SMILES string of the molecule is Cc1nc(N2CCCC(C)(C)C2)ccc1CNCC(C)C. The first-order valence-electron chi connectivity index (χ1n) is 8.29. The second kappa shape index (κ2) is 6.78. The first-order valence-corrected chi connectivity index (χ1v) is 8.29. The smallest absolute Gasteiger partial charge is 0.128 e. The van der Waals surface area contributed by atoms with Gasteiger partial charge >= 0.3 is 0 Å². The Morgan fingerprint density at radius 1 is 1.33 bits per heavy atom. The van der Waals surface area contributed by atoms with Gasteiger partial charge in [-0.25, -0.2) is 4.98 Å². The van der Waals surface area contributed by atoms with E-state index in [1.807, 2.05) is 0 Å². The number of anilines is 1. The molecule has 0 unspecified atom stereocenters. The van der Waals surface area contributed by atoms with Gasteiger partial charge in [-0.05, 0) is 49.3 Å². The van der Waals surface area contributed by atoms with Gasteiger partial charge in [0, 0.05) is 25.3 Å². The first kappa shape index (κ1) is 16.3. The molecule has 1 aliphatic heterocycles. The monoisotopic (exact) mass is 289 g/mol. The number of nitrogens with zero attached hydrogens (tertiary/aromatic N) is 2. The quantitative estimate of drug-likeness (QED) is 0.894. The molecule has 0 spiro atoms. The molecule has 1 fully saturated rings. The number of aromatic nitrogens is 1. The molecular weight excluding hydrogens is 258 g/mol. The van der Waals surface area contributed by atoms with Gasteiger partial charge in [-0.3, -0.25) is 0 Å². The number of pyridine rings is 1. The van der Waals surface area contributed by atoms with Crippen LogP contribution in [0.15, 0.2) is 12.1 Å². The Morgan fingerprint density at radius 3 is 2.71 bits per heavy atom. The molecule has 1 aromatic rings. The van der Waals surface area contributed by atoms with E-state index in [4.69, 9.17) is 4.98 Å². The zero-order chi connectivity index (χ0) is 15.5. The third-order valence-electron chi connectivity index (χ3n) is 4.27. The summed E-state index contributed by atoms with van der Waals surface area (Å²) in [7, 11) is 0. The van der Waals surface area contributed by atoms with Crippen molar-refractivity contribution in [2.24, 2.45) is 11.3 Å². The van der Waals surface area contributed by atoms with Crippen LogP contribution in [0.1, 0.15) is 51.8 Å². The van der Waals surface area contributed by atoms with Crippen molar-refractivity contribution in [3.63, 3.8) is 0 Å². The Bertz CT molecular complexity index is 466. The normalized spacial score (nSPS) is 18.3. The summed E-state index contributed by atoms with van der Waals surface area (Å²) in [6, 6.07) is 4.44. The van der Waals surface area contributed by atoms with Gasteiger partial charge in [-0.2, -0.15) is 0 Å². The van der Waals surface area contributed by atoms with E-state index in [2.05, 4.69) is 57.0 Å². The summed E-state index contributed by atoms with van der Waals surface area (Å²) in [4.78, 5) is 7.29. The van der Waals surface area contributed by atoms with E-state index in [1.54, 1.807) is 0 Å². The zero-order valence-corrected chi connectivity index (χ0v) is 14.4. The molecule has 0 atom stereocenters. The van der Waals surface area contributed by atoms with Crippen LogP contribution in [0, 0.1) is 18.3 Å². The van der Waals surface area contributed by atoms with Crippen LogP contribution in [0.2, 0.25) is 0 Å². The molecule has 1 aromatic heterocycles. The Balaban J connectivity index is 2.01. The van der Waals surface area contributed by atoms with Crippen molar-refractivity contribution in [1.82, 2.24) is 10.3 Å². The number of rotatable bonds is 5. The van der Waals surface area contributed by atoms with E-state index in [0.717, 1.165) is 37.7 Å². The highest BCUT2D eigenvalue weighted by atomic mass is 15.2. The van der Waals surface area contributed by atoms with Crippen LogP contribution in [0.3, 0.4) is 0 Å². The topological polar surface area (TPSA) is 28.2 Å². The van der Waals surface area contributed by atoms with E-state index in [0.29, 0.717) is 11.3 Å². The Hall–Kier alpha value is -1.09. The van der Waals surface area contributed by atoms with Crippen LogP contribution in [-0.4, -0.2) is 24.6 Å². The maximum absolute atomic E-state index is 4.85. The highest BCUT2D eigenvalue weighted by Gasteiger charge is 2.27. The predicted molar refractivity (Wildman–Crippen MR) is 90.7 cm³/mol. The minimum atomic E-state index is 0.408. The van der Waals surface area contributed by atoms with Gasteiger partial charge in [-0.15, -0.1) is 0 Å². The molecule has 0 aromatic carbocycles. The van der Waals surface area contributed by atoms with Crippen LogP contribution in [0.25, 0.3) is 0 Å². The minimum absolute atomic E-state index is 0.408. The van der Waals surface area contributed by atoms with Crippen LogP contribution >= 0.6 is 0 Å². The second-order valence-corrected chi connectivity index (χ2v) is 7.63. The van der Waals surface area contributed by atoms with Crippen molar-refractivity contribution in [3.8, 4) is 0 Å². The molecule has 1 saturated heterocycles. The van der Waals surface area contributed by atoms with Crippen LogP contribution in [0.4, 0.5) is 5.82 Å². The third kappa shape index (κ3) is 4.70. The molecule has 0 radical (unpaired) electrons. The fourth-order valence-corrected chi connectivity index (χ4v) is 3.05. The van der Waals surface area contributed by atoms with E-state index in [1.165, 1.54) is 18.4 Å². The number of aryl methyl sites for hydroxylation is 1. The Kier molecular flexibility index (Phi) is 5.26. The van der Waals surface area contributed by atoms with Crippen molar-refractivity contribution < 1.29 is 0 Å². The molecule has 21 heavy (non-hydrogen) atoms. The van der Waals surface area contributed by atoms with Crippen LogP contribution in [0.5, 0.6) is 0 Å².